The molecule has 1 amide bonds. The minimum Gasteiger partial charge on any atom is -0.377 e. The van der Waals surface area contributed by atoms with Crippen LogP contribution in [0.15, 0.2) is 36.7 Å². The number of para-hydroxylation sites is 1. The number of amides is 1. The number of nitrogens with one attached hydrogen (secondary N) is 1. The summed E-state index contributed by atoms with van der Waals surface area (Å²) in [4.78, 5) is 18.0. The molecule has 0 bridgehead atoms. The Morgan fingerprint density at radius 3 is 2.80 bits per heavy atom. The van der Waals surface area contributed by atoms with Gasteiger partial charge in [-0.25, -0.2) is 4.98 Å². The summed E-state index contributed by atoms with van der Waals surface area (Å²) in [5, 5.41) is 3.30. The van der Waals surface area contributed by atoms with E-state index in [1.807, 2.05) is 30.5 Å². The number of nitrogens with zero attached hydrogens (tertiary/aromatic N) is 3. The number of hydrogen-bond acceptors (Lipinski definition) is 3. The average molecular weight is 272 g/mol. The van der Waals surface area contributed by atoms with Crippen molar-refractivity contribution < 1.29 is 4.79 Å². The van der Waals surface area contributed by atoms with Crippen LogP contribution in [0.2, 0.25) is 0 Å². The number of carbonyl (C=O) groups excluding carboxylic acids is 1. The molecule has 0 unspecified atom stereocenters. The monoisotopic (exact) mass is 272 g/mol. The molecule has 1 aromatic heterocycles. The highest BCUT2D eigenvalue weighted by Crippen LogP contribution is 2.17. The number of carbonyl (C=O) groups is 1. The predicted molar refractivity (Wildman–Crippen MR) is 79.7 cm³/mol. The molecule has 0 aliphatic heterocycles. The lowest BCUT2D eigenvalue weighted by Gasteiger charge is -2.15. The first-order valence-electron chi connectivity index (χ1n) is 6.68. The summed E-state index contributed by atoms with van der Waals surface area (Å²) in [5.74, 6) is 0.950. The van der Waals surface area contributed by atoms with E-state index in [1.54, 1.807) is 25.2 Å². The first-order valence-corrected chi connectivity index (χ1v) is 6.68. The Morgan fingerprint density at radius 1 is 1.35 bits per heavy atom. The standard InChI is InChI=1S/C15H20N4O/c1-4-19-10-9-16-14(19)11-17-13-8-6-5-7-12(13)15(20)18(2)3/h5-10,17H,4,11H2,1-3H3. The molecule has 0 saturated carbocycles. The second kappa shape index (κ2) is 6.23. The third kappa shape index (κ3) is 2.99. The molecule has 0 fully saturated rings. The van der Waals surface area contributed by atoms with E-state index in [0.29, 0.717) is 12.1 Å². The molecule has 1 N–H and O–H groups in total. The number of rotatable bonds is 5. The van der Waals surface area contributed by atoms with Gasteiger partial charge in [-0.05, 0) is 19.1 Å². The smallest absolute Gasteiger partial charge is 0.255 e. The van der Waals surface area contributed by atoms with E-state index in [9.17, 15) is 4.79 Å². The molecular formula is C15H20N4O. The highest BCUT2D eigenvalue weighted by molar-refractivity contribution is 5.99. The lowest BCUT2D eigenvalue weighted by Crippen LogP contribution is -2.23. The van der Waals surface area contributed by atoms with Gasteiger partial charge in [-0.1, -0.05) is 12.1 Å². The summed E-state index contributed by atoms with van der Waals surface area (Å²) < 4.78 is 2.07. The lowest BCUT2D eigenvalue weighted by atomic mass is 10.1. The van der Waals surface area contributed by atoms with E-state index in [4.69, 9.17) is 0 Å². The van der Waals surface area contributed by atoms with Gasteiger partial charge in [0.25, 0.3) is 5.91 Å². The van der Waals surface area contributed by atoms with Crippen molar-refractivity contribution in [1.29, 1.82) is 0 Å². The number of aromatic nitrogens is 2. The maximum Gasteiger partial charge on any atom is 0.255 e. The van der Waals surface area contributed by atoms with Crippen molar-refractivity contribution in [3.63, 3.8) is 0 Å². The number of hydrogen-bond donors (Lipinski definition) is 1. The molecule has 0 aliphatic rings. The lowest BCUT2D eigenvalue weighted by molar-refractivity contribution is 0.0828. The van der Waals surface area contributed by atoms with Gasteiger partial charge in [-0.2, -0.15) is 0 Å². The van der Waals surface area contributed by atoms with Crippen LogP contribution in [-0.2, 0) is 13.1 Å². The molecule has 0 radical (unpaired) electrons. The van der Waals surface area contributed by atoms with Crippen molar-refractivity contribution in [2.75, 3.05) is 19.4 Å². The van der Waals surface area contributed by atoms with Crippen molar-refractivity contribution in [3.05, 3.63) is 48.0 Å². The van der Waals surface area contributed by atoms with Gasteiger partial charge in [0.15, 0.2) is 0 Å². The topological polar surface area (TPSA) is 50.2 Å². The fraction of sp³-hybridized carbons (Fsp3) is 0.333. The zero-order valence-corrected chi connectivity index (χ0v) is 12.1. The van der Waals surface area contributed by atoms with E-state index in [1.165, 1.54) is 0 Å². The van der Waals surface area contributed by atoms with Crippen LogP contribution in [0.1, 0.15) is 23.1 Å². The zero-order valence-electron chi connectivity index (χ0n) is 12.1. The van der Waals surface area contributed by atoms with E-state index >= 15 is 0 Å². The molecule has 2 aromatic rings. The average Bonchev–Trinajstić information content (AvgIpc) is 2.92. The Labute approximate surface area is 119 Å². The van der Waals surface area contributed by atoms with Gasteiger partial charge in [-0.3, -0.25) is 4.79 Å². The molecule has 1 heterocycles. The first-order chi connectivity index (χ1) is 9.63. The van der Waals surface area contributed by atoms with Crippen LogP contribution < -0.4 is 5.32 Å². The van der Waals surface area contributed by atoms with E-state index in [0.717, 1.165) is 18.1 Å². The Kier molecular flexibility index (Phi) is 4.40. The number of aryl methyl sites for hydroxylation is 1. The minimum absolute atomic E-state index is 0.00747. The van der Waals surface area contributed by atoms with E-state index < -0.39 is 0 Å². The van der Waals surface area contributed by atoms with E-state index in [2.05, 4.69) is 21.8 Å². The van der Waals surface area contributed by atoms with Crippen molar-refractivity contribution in [3.8, 4) is 0 Å². The molecule has 5 heteroatoms. The third-order valence-corrected chi connectivity index (χ3v) is 3.14. The number of anilines is 1. The minimum atomic E-state index is -0.00747. The molecule has 0 saturated heterocycles. The molecule has 20 heavy (non-hydrogen) atoms. The third-order valence-electron chi connectivity index (χ3n) is 3.14. The predicted octanol–water partition coefficient (Wildman–Crippen LogP) is 2.22. The van der Waals surface area contributed by atoms with Gasteiger partial charge in [0.2, 0.25) is 0 Å². The maximum absolute atomic E-state index is 12.1. The number of imidazole rings is 1. The van der Waals surface area contributed by atoms with Crippen LogP contribution in [0.5, 0.6) is 0 Å². The fourth-order valence-electron chi connectivity index (χ4n) is 2.03. The molecule has 5 nitrogen and oxygen atoms in total. The van der Waals surface area contributed by atoms with E-state index in [-0.39, 0.29) is 5.91 Å². The van der Waals surface area contributed by atoms with Crippen LogP contribution >= 0.6 is 0 Å². The van der Waals surface area contributed by atoms with Gasteiger partial charge in [0.05, 0.1) is 12.1 Å². The SMILES string of the molecule is CCn1ccnc1CNc1ccccc1C(=O)N(C)C. The van der Waals surface area contributed by atoms with Crippen molar-refractivity contribution in [1.82, 2.24) is 14.5 Å². The molecule has 0 aliphatic carbocycles. The second-order valence-corrected chi connectivity index (χ2v) is 4.73. The molecule has 1 aromatic carbocycles. The van der Waals surface area contributed by atoms with Gasteiger partial charge < -0.3 is 14.8 Å². The van der Waals surface area contributed by atoms with Gasteiger partial charge >= 0.3 is 0 Å². The quantitative estimate of drug-likeness (QED) is 0.908. The Bertz CT molecular complexity index is 589. The molecule has 106 valence electrons. The zero-order chi connectivity index (χ0) is 14.5. The van der Waals surface area contributed by atoms with Gasteiger partial charge in [0, 0.05) is 38.7 Å². The van der Waals surface area contributed by atoms with Crippen LogP contribution in [0.25, 0.3) is 0 Å². The summed E-state index contributed by atoms with van der Waals surface area (Å²) in [5.41, 5.74) is 1.50. The second-order valence-electron chi connectivity index (χ2n) is 4.73. The molecule has 0 atom stereocenters. The van der Waals surface area contributed by atoms with Crippen LogP contribution in [0.3, 0.4) is 0 Å². The summed E-state index contributed by atoms with van der Waals surface area (Å²) >= 11 is 0. The molecule has 0 spiro atoms. The number of benzene rings is 1. The summed E-state index contributed by atoms with van der Waals surface area (Å²) in [6.45, 7) is 3.56. The van der Waals surface area contributed by atoms with Gasteiger partial charge in [0.1, 0.15) is 5.82 Å². The van der Waals surface area contributed by atoms with Gasteiger partial charge in [-0.15, -0.1) is 0 Å². The summed E-state index contributed by atoms with van der Waals surface area (Å²) in [6.07, 6.45) is 3.74. The van der Waals surface area contributed by atoms with Crippen molar-refractivity contribution in [2.24, 2.45) is 0 Å². The largest absolute Gasteiger partial charge is 0.377 e. The summed E-state index contributed by atoms with van der Waals surface area (Å²) in [7, 11) is 3.51. The van der Waals surface area contributed by atoms with Crippen LogP contribution in [0.4, 0.5) is 5.69 Å². The molecular weight excluding hydrogens is 252 g/mol. The molecule has 2 rings (SSSR count). The van der Waals surface area contributed by atoms with Crippen molar-refractivity contribution >= 4 is 11.6 Å². The Morgan fingerprint density at radius 2 is 2.10 bits per heavy atom. The van der Waals surface area contributed by atoms with Crippen LogP contribution in [-0.4, -0.2) is 34.5 Å². The van der Waals surface area contributed by atoms with Crippen molar-refractivity contribution in [2.45, 2.75) is 20.0 Å². The summed E-state index contributed by atoms with van der Waals surface area (Å²) in [6, 6.07) is 7.53. The fourth-order valence-corrected chi connectivity index (χ4v) is 2.03. The first kappa shape index (κ1) is 14.1. The highest BCUT2D eigenvalue weighted by Gasteiger charge is 2.12. The highest BCUT2D eigenvalue weighted by atomic mass is 16.2. The Balaban J connectivity index is 2.16. The maximum atomic E-state index is 12.1. The normalized spacial score (nSPS) is 10.3. The van der Waals surface area contributed by atoms with Crippen LogP contribution in [0, 0.1) is 0 Å². The Hall–Kier alpha value is -2.30.